The van der Waals surface area contributed by atoms with E-state index in [1.54, 1.807) is 24.3 Å². The van der Waals surface area contributed by atoms with E-state index in [-0.39, 0.29) is 17.0 Å². The molecule has 0 radical (unpaired) electrons. The van der Waals surface area contributed by atoms with Crippen LogP contribution < -0.4 is 17.0 Å². The number of hydrogen-bond acceptors (Lipinski definition) is 4. The fourth-order valence-electron chi connectivity index (χ4n) is 1.86. The molecule has 0 saturated carbocycles. The summed E-state index contributed by atoms with van der Waals surface area (Å²) in [5.41, 5.74) is 12.9. The molecule has 19 heavy (non-hydrogen) atoms. The SMILES string of the molecule is CCc1[nH]c(=O)c(N)cc1C(=O)c1ccc(N)cc1. The summed E-state index contributed by atoms with van der Waals surface area (Å²) >= 11 is 0. The molecule has 98 valence electrons. The van der Waals surface area contributed by atoms with Gasteiger partial charge in [0.1, 0.15) is 0 Å². The lowest BCUT2D eigenvalue weighted by Crippen LogP contribution is -2.18. The number of ketones is 1. The molecule has 0 amide bonds. The smallest absolute Gasteiger partial charge is 0.271 e. The molecule has 0 aliphatic carbocycles. The molecule has 2 aromatic rings. The fourth-order valence-corrected chi connectivity index (χ4v) is 1.86. The van der Waals surface area contributed by atoms with Crippen LogP contribution in [-0.2, 0) is 6.42 Å². The van der Waals surface area contributed by atoms with E-state index in [2.05, 4.69) is 4.98 Å². The monoisotopic (exact) mass is 257 g/mol. The maximum atomic E-state index is 12.4. The van der Waals surface area contributed by atoms with Crippen LogP contribution in [0.2, 0.25) is 0 Å². The molecule has 0 bridgehead atoms. The minimum atomic E-state index is -0.370. The first-order chi connectivity index (χ1) is 9.02. The molecule has 0 aliphatic rings. The minimum Gasteiger partial charge on any atom is -0.399 e. The summed E-state index contributed by atoms with van der Waals surface area (Å²) in [6.45, 7) is 1.86. The summed E-state index contributed by atoms with van der Waals surface area (Å²) in [5.74, 6) is -0.181. The van der Waals surface area contributed by atoms with Gasteiger partial charge in [-0.15, -0.1) is 0 Å². The topological polar surface area (TPSA) is 102 Å². The molecular weight excluding hydrogens is 242 g/mol. The third-order valence-corrected chi connectivity index (χ3v) is 2.92. The van der Waals surface area contributed by atoms with E-state index in [0.29, 0.717) is 28.9 Å². The van der Waals surface area contributed by atoms with E-state index in [4.69, 9.17) is 11.5 Å². The molecule has 0 fully saturated rings. The fraction of sp³-hybridized carbons (Fsp3) is 0.143. The molecule has 1 aromatic heterocycles. The van der Waals surface area contributed by atoms with Crippen molar-refractivity contribution in [3.05, 3.63) is 57.5 Å². The third kappa shape index (κ3) is 2.49. The zero-order valence-corrected chi connectivity index (χ0v) is 10.6. The number of aromatic amines is 1. The lowest BCUT2D eigenvalue weighted by molar-refractivity contribution is 0.103. The molecule has 5 nitrogen and oxygen atoms in total. The van der Waals surface area contributed by atoms with Gasteiger partial charge in [-0.3, -0.25) is 9.59 Å². The molecule has 5 N–H and O–H groups in total. The van der Waals surface area contributed by atoms with Crippen LogP contribution in [0.15, 0.2) is 35.1 Å². The number of carbonyl (C=O) groups excluding carboxylic acids is 1. The number of benzene rings is 1. The first kappa shape index (κ1) is 12.9. The lowest BCUT2D eigenvalue weighted by atomic mass is 10.00. The van der Waals surface area contributed by atoms with E-state index in [9.17, 15) is 9.59 Å². The van der Waals surface area contributed by atoms with Crippen molar-refractivity contribution in [1.29, 1.82) is 0 Å². The number of anilines is 2. The van der Waals surface area contributed by atoms with Gasteiger partial charge in [-0.1, -0.05) is 6.92 Å². The first-order valence-corrected chi connectivity index (χ1v) is 5.94. The van der Waals surface area contributed by atoms with Crippen molar-refractivity contribution in [2.24, 2.45) is 0 Å². The molecule has 0 spiro atoms. The number of aromatic nitrogens is 1. The van der Waals surface area contributed by atoms with E-state index >= 15 is 0 Å². The number of carbonyl (C=O) groups is 1. The van der Waals surface area contributed by atoms with Crippen LogP contribution in [0.1, 0.15) is 28.5 Å². The molecule has 1 aromatic carbocycles. The van der Waals surface area contributed by atoms with Gasteiger partial charge in [0.2, 0.25) is 0 Å². The van der Waals surface area contributed by atoms with Gasteiger partial charge < -0.3 is 16.5 Å². The maximum absolute atomic E-state index is 12.4. The summed E-state index contributed by atoms with van der Waals surface area (Å²) in [7, 11) is 0. The van der Waals surface area contributed by atoms with Crippen LogP contribution in [0, 0.1) is 0 Å². The van der Waals surface area contributed by atoms with Crippen LogP contribution >= 0.6 is 0 Å². The van der Waals surface area contributed by atoms with Gasteiger partial charge >= 0.3 is 0 Å². The number of aryl methyl sites for hydroxylation is 1. The number of hydrogen-bond donors (Lipinski definition) is 3. The number of nitrogen functional groups attached to an aromatic ring is 2. The molecular formula is C14H15N3O2. The molecule has 0 atom stereocenters. The van der Waals surface area contributed by atoms with Crippen molar-refractivity contribution in [3.63, 3.8) is 0 Å². The zero-order valence-electron chi connectivity index (χ0n) is 10.6. The highest BCUT2D eigenvalue weighted by atomic mass is 16.1. The largest absolute Gasteiger partial charge is 0.399 e. The second-order valence-electron chi connectivity index (χ2n) is 4.25. The Labute approximate surface area is 110 Å². The normalized spacial score (nSPS) is 10.4. The minimum absolute atomic E-state index is 0.0380. The highest BCUT2D eigenvalue weighted by molar-refractivity contribution is 6.10. The van der Waals surface area contributed by atoms with Gasteiger partial charge in [-0.05, 0) is 36.8 Å². The van der Waals surface area contributed by atoms with Gasteiger partial charge in [0.25, 0.3) is 5.56 Å². The van der Waals surface area contributed by atoms with E-state index < -0.39 is 0 Å². The molecule has 2 rings (SSSR count). The van der Waals surface area contributed by atoms with Crippen LogP contribution in [0.25, 0.3) is 0 Å². The van der Waals surface area contributed by atoms with Crippen molar-refractivity contribution < 1.29 is 4.79 Å². The Morgan fingerprint density at radius 2 is 1.84 bits per heavy atom. The van der Waals surface area contributed by atoms with Crippen molar-refractivity contribution in [3.8, 4) is 0 Å². The van der Waals surface area contributed by atoms with Gasteiger partial charge in [-0.25, -0.2) is 0 Å². The van der Waals surface area contributed by atoms with Crippen molar-refractivity contribution in [2.75, 3.05) is 11.5 Å². The molecule has 1 heterocycles. The van der Waals surface area contributed by atoms with Crippen LogP contribution in [-0.4, -0.2) is 10.8 Å². The number of nitrogens with two attached hydrogens (primary N) is 2. The van der Waals surface area contributed by atoms with E-state index in [1.807, 2.05) is 6.92 Å². The predicted molar refractivity (Wildman–Crippen MR) is 75.1 cm³/mol. The highest BCUT2D eigenvalue weighted by Gasteiger charge is 2.15. The quantitative estimate of drug-likeness (QED) is 0.570. The Morgan fingerprint density at radius 1 is 1.21 bits per heavy atom. The molecule has 0 saturated heterocycles. The number of pyridine rings is 1. The van der Waals surface area contributed by atoms with Crippen LogP contribution in [0.3, 0.4) is 0 Å². The summed E-state index contributed by atoms with van der Waals surface area (Å²) in [6, 6.07) is 8.05. The van der Waals surface area contributed by atoms with Crippen LogP contribution in [0.4, 0.5) is 11.4 Å². The third-order valence-electron chi connectivity index (χ3n) is 2.92. The predicted octanol–water partition coefficient (Wildman–Crippen LogP) is 1.33. The Hall–Kier alpha value is -2.56. The van der Waals surface area contributed by atoms with E-state index in [0.717, 1.165) is 0 Å². The van der Waals surface area contributed by atoms with Gasteiger partial charge in [0, 0.05) is 22.5 Å². The van der Waals surface area contributed by atoms with Gasteiger partial charge in [0.15, 0.2) is 5.78 Å². The van der Waals surface area contributed by atoms with E-state index in [1.165, 1.54) is 6.07 Å². The Bertz CT molecular complexity index is 672. The average molecular weight is 257 g/mol. The summed E-state index contributed by atoms with van der Waals surface area (Å²) in [5, 5.41) is 0. The van der Waals surface area contributed by atoms with Crippen molar-refractivity contribution >= 4 is 17.2 Å². The first-order valence-electron chi connectivity index (χ1n) is 5.94. The number of rotatable bonds is 3. The highest BCUT2D eigenvalue weighted by Crippen LogP contribution is 2.15. The average Bonchev–Trinajstić information content (AvgIpc) is 2.41. The second-order valence-corrected chi connectivity index (χ2v) is 4.25. The molecule has 0 aliphatic heterocycles. The van der Waals surface area contributed by atoms with Gasteiger partial charge in [-0.2, -0.15) is 0 Å². The summed E-state index contributed by atoms with van der Waals surface area (Å²) in [4.78, 5) is 26.5. The summed E-state index contributed by atoms with van der Waals surface area (Å²) in [6.07, 6.45) is 0.547. The van der Waals surface area contributed by atoms with Crippen molar-refractivity contribution in [2.45, 2.75) is 13.3 Å². The van der Waals surface area contributed by atoms with Crippen molar-refractivity contribution in [1.82, 2.24) is 4.98 Å². The second kappa shape index (κ2) is 4.97. The Morgan fingerprint density at radius 3 is 2.42 bits per heavy atom. The standard InChI is InChI=1S/C14H15N3O2/c1-2-12-10(7-11(16)14(19)17-12)13(18)8-3-5-9(15)6-4-8/h3-7H,2,15-16H2,1H3,(H,17,19). The number of nitrogens with one attached hydrogen (secondary N) is 1. The molecule has 0 unspecified atom stereocenters. The zero-order chi connectivity index (χ0) is 14.0. The maximum Gasteiger partial charge on any atom is 0.271 e. The van der Waals surface area contributed by atoms with Crippen LogP contribution in [0.5, 0.6) is 0 Å². The Balaban J connectivity index is 2.52. The Kier molecular flexibility index (Phi) is 3.37. The summed E-state index contributed by atoms with van der Waals surface area (Å²) < 4.78 is 0. The lowest BCUT2D eigenvalue weighted by Gasteiger charge is -2.08. The number of H-pyrrole nitrogens is 1. The molecule has 5 heteroatoms. The van der Waals surface area contributed by atoms with Gasteiger partial charge in [0.05, 0.1) is 5.69 Å².